The molecule has 0 radical (unpaired) electrons. The van der Waals surface area contributed by atoms with Crippen LogP contribution in [0, 0.1) is 11.8 Å². The zero-order valence-electron chi connectivity index (χ0n) is 7.40. The van der Waals surface area contributed by atoms with E-state index in [1.54, 1.807) is 0 Å². The van der Waals surface area contributed by atoms with E-state index in [9.17, 15) is 9.59 Å². The lowest BCUT2D eigenvalue weighted by atomic mass is 9.97. The molecule has 2 aliphatic rings. The third-order valence-electron chi connectivity index (χ3n) is 2.99. The van der Waals surface area contributed by atoms with Crippen molar-refractivity contribution in [3.8, 4) is 0 Å². The van der Waals surface area contributed by atoms with Crippen molar-refractivity contribution in [2.45, 2.75) is 19.3 Å². The Morgan fingerprint density at radius 3 is 2.23 bits per heavy atom. The van der Waals surface area contributed by atoms with E-state index in [-0.39, 0.29) is 36.8 Å². The molecule has 1 N–H and O–H groups in total. The summed E-state index contributed by atoms with van der Waals surface area (Å²) in [5.41, 5.74) is 0. The molecule has 2 unspecified atom stereocenters. The number of hydrogen-bond acceptors (Lipinski definition) is 3. The van der Waals surface area contributed by atoms with Crippen molar-refractivity contribution in [1.82, 2.24) is 4.90 Å². The number of carbonyl (C=O) groups is 2. The van der Waals surface area contributed by atoms with Gasteiger partial charge in [-0.05, 0) is 19.3 Å². The highest BCUT2D eigenvalue weighted by Crippen LogP contribution is 2.37. The first-order valence-electron chi connectivity index (χ1n) is 4.70. The van der Waals surface area contributed by atoms with Gasteiger partial charge in [-0.1, -0.05) is 0 Å². The molecule has 0 aromatic heterocycles. The van der Waals surface area contributed by atoms with Gasteiger partial charge in [0.15, 0.2) is 0 Å². The quantitative estimate of drug-likeness (QED) is 0.601. The molecule has 0 spiro atoms. The summed E-state index contributed by atoms with van der Waals surface area (Å²) in [6.45, 7) is 0.0432. The van der Waals surface area contributed by atoms with Gasteiger partial charge >= 0.3 is 0 Å². The topological polar surface area (TPSA) is 57.6 Å². The van der Waals surface area contributed by atoms with Gasteiger partial charge in [-0.15, -0.1) is 0 Å². The number of aliphatic hydroxyl groups excluding tert-OH is 1. The smallest absolute Gasteiger partial charge is 0.232 e. The second kappa shape index (κ2) is 3.10. The minimum absolute atomic E-state index is 0.0502. The minimum Gasteiger partial charge on any atom is -0.395 e. The van der Waals surface area contributed by atoms with Crippen molar-refractivity contribution >= 4 is 11.8 Å². The zero-order chi connectivity index (χ0) is 9.42. The Balaban J connectivity index is 2.17. The molecule has 0 aromatic carbocycles. The summed E-state index contributed by atoms with van der Waals surface area (Å²) < 4.78 is 0. The van der Waals surface area contributed by atoms with E-state index in [0.29, 0.717) is 0 Å². The van der Waals surface area contributed by atoms with E-state index >= 15 is 0 Å². The summed E-state index contributed by atoms with van der Waals surface area (Å²) in [7, 11) is 0. The molecule has 2 amide bonds. The molecular weight excluding hydrogens is 170 g/mol. The SMILES string of the molecule is O=C1C2CCC(C2)C(=O)N1CCO. The number of carbonyl (C=O) groups excluding carboxylic acids is 2. The van der Waals surface area contributed by atoms with Crippen LogP contribution in [-0.4, -0.2) is 35.0 Å². The number of rotatable bonds is 2. The van der Waals surface area contributed by atoms with Gasteiger partial charge in [-0.2, -0.15) is 0 Å². The maximum Gasteiger partial charge on any atom is 0.232 e. The first-order chi connectivity index (χ1) is 6.24. The van der Waals surface area contributed by atoms with Crippen LogP contribution in [0.25, 0.3) is 0 Å². The summed E-state index contributed by atoms with van der Waals surface area (Å²) in [6, 6.07) is 0. The van der Waals surface area contributed by atoms with Gasteiger partial charge < -0.3 is 5.11 Å². The summed E-state index contributed by atoms with van der Waals surface area (Å²) in [4.78, 5) is 24.4. The molecule has 1 aliphatic carbocycles. The Bertz CT molecular complexity index is 229. The molecule has 0 aromatic rings. The highest BCUT2D eigenvalue weighted by atomic mass is 16.3. The van der Waals surface area contributed by atoms with Crippen molar-refractivity contribution < 1.29 is 14.7 Å². The number of fused-ring (bicyclic) bond motifs is 2. The van der Waals surface area contributed by atoms with Crippen LogP contribution in [-0.2, 0) is 9.59 Å². The molecule has 13 heavy (non-hydrogen) atoms. The van der Waals surface area contributed by atoms with E-state index < -0.39 is 0 Å². The summed E-state index contributed by atoms with van der Waals surface area (Å²) in [5, 5.41) is 8.70. The molecule has 1 saturated carbocycles. The van der Waals surface area contributed by atoms with E-state index in [0.717, 1.165) is 19.3 Å². The maximum atomic E-state index is 11.6. The normalized spacial score (nSPS) is 32.8. The van der Waals surface area contributed by atoms with E-state index in [2.05, 4.69) is 0 Å². The van der Waals surface area contributed by atoms with Crippen LogP contribution in [0.5, 0.6) is 0 Å². The standard InChI is InChI=1S/C9H13NO3/c11-4-3-10-8(12)6-1-2-7(5-6)9(10)13/h6-7,11H,1-5H2. The lowest BCUT2D eigenvalue weighted by Crippen LogP contribution is -2.47. The van der Waals surface area contributed by atoms with E-state index in [1.165, 1.54) is 4.90 Å². The van der Waals surface area contributed by atoms with Gasteiger partial charge in [0.2, 0.25) is 11.8 Å². The number of aliphatic hydroxyl groups is 1. The summed E-state index contributed by atoms with van der Waals surface area (Å²) in [6.07, 6.45) is 2.42. The van der Waals surface area contributed by atoms with E-state index in [1.807, 2.05) is 0 Å². The average molecular weight is 183 g/mol. The Kier molecular flexibility index (Phi) is 2.07. The van der Waals surface area contributed by atoms with Crippen LogP contribution in [0.15, 0.2) is 0 Å². The third-order valence-corrected chi connectivity index (χ3v) is 2.99. The van der Waals surface area contributed by atoms with Crippen molar-refractivity contribution in [3.05, 3.63) is 0 Å². The molecule has 72 valence electrons. The van der Waals surface area contributed by atoms with Crippen molar-refractivity contribution in [2.75, 3.05) is 13.2 Å². The number of amides is 2. The van der Waals surface area contributed by atoms with Crippen LogP contribution in [0.2, 0.25) is 0 Å². The first-order valence-corrected chi connectivity index (χ1v) is 4.70. The number of β-amino-alcohol motifs (C(OH)–C–C–N with tert-alkyl or cyclic N) is 1. The lowest BCUT2D eigenvalue weighted by Gasteiger charge is -2.28. The fourth-order valence-electron chi connectivity index (χ4n) is 2.30. The van der Waals surface area contributed by atoms with Crippen molar-refractivity contribution in [2.24, 2.45) is 11.8 Å². The largest absolute Gasteiger partial charge is 0.395 e. The summed E-state index contributed by atoms with van der Waals surface area (Å²) in [5.74, 6) is -0.0518. The molecule has 1 aliphatic heterocycles. The summed E-state index contributed by atoms with van der Waals surface area (Å²) >= 11 is 0. The molecule has 1 saturated heterocycles. The Labute approximate surface area is 76.5 Å². The van der Waals surface area contributed by atoms with E-state index in [4.69, 9.17) is 5.11 Å². The van der Waals surface area contributed by atoms with Gasteiger partial charge in [-0.3, -0.25) is 14.5 Å². The Morgan fingerprint density at radius 2 is 1.77 bits per heavy atom. The number of piperidine rings is 1. The average Bonchev–Trinajstić information content (AvgIpc) is 2.56. The van der Waals surface area contributed by atoms with Crippen LogP contribution in [0.3, 0.4) is 0 Å². The fourth-order valence-corrected chi connectivity index (χ4v) is 2.30. The number of imide groups is 1. The van der Waals surface area contributed by atoms with Gasteiger partial charge in [-0.25, -0.2) is 0 Å². The lowest BCUT2D eigenvalue weighted by molar-refractivity contribution is -0.153. The predicted molar refractivity (Wildman–Crippen MR) is 44.6 cm³/mol. The second-order valence-corrected chi connectivity index (χ2v) is 3.76. The van der Waals surface area contributed by atoms with Crippen LogP contribution in [0.4, 0.5) is 0 Å². The highest BCUT2D eigenvalue weighted by Gasteiger charge is 2.44. The predicted octanol–water partition coefficient (Wildman–Crippen LogP) is -0.236. The van der Waals surface area contributed by atoms with Crippen LogP contribution in [0.1, 0.15) is 19.3 Å². The van der Waals surface area contributed by atoms with Gasteiger partial charge in [0.25, 0.3) is 0 Å². The number of nitrogens with zero attached hydrogens (tertiary/aromatic N) is 1. The Hall–Kier alpha value is -0.900. The second-order valence-electron chi connectivity index (χ2n) is 3.76. The molecule has 2 rings (SSSR count). The Morgan fingerprint density at radius 1 is 1.23 bits per heavy atom. The van der Waals surface area contributed by atoms with Gasteiger partial charge in [0.1, 0.15) is 0 Å². The highest BCUT2D eigenvalue weighted by molar-refractivity contribution is 6.00. The molecule has 4 nitrogen and oxygen atoms in total. The molecule has 4 heteroatoms. The van der Waals surface area contributed by atoms with Crippen LogP contribution >= 0.6 is 0 Å². The number of likely N-dealkylation sites (tertiary alicyclic amines) is 1. The monoisotopic (exact) mass is 183 g/mol. The minimum atomic E-state index is -0.128. The molecule has 2 atom stereocenters. The van der Waals surface area contributed by atoms with Crippen molar-refractivity contribution in [3.63, 3.8) is 0 Å². The van der Waals surface area contributed by atoms with Crippen molar-refractivity contribution in [1.29, 1.82) is 0 Å². The van der Waals surface area contributed by atoms with Gasteiger partial charge in [0, 0.05) is 11.8 Å². The number of hydrogen-bond donors (Lipinski definition) is 1. The molecule has 2 bridgehead atoms. The van der Waals surface area contributed by atoms with Gasteiger partial charge in [0.05, 0.1) is 13.2 Å². The fraction of sp³-hybridized carbons (Fsp3) is 0.778. The molecular formula is C9H13NO3. The zero-order valence-corrected chi connectivity index (χ0v) is 7.40. The third kappa shape index (κ3) is 1.25. The maximum absolute atomic E-state index is 11.6. The molecule has 2 fully saturated rings. The first kappa shape index (κ1) is 8.69. The van der Waals surface area contributed by atoms with Crippen LogP contribution < -0.4 is 0 Å². The molecule has 1 heterocycles.